The molecule has 38 heavy (non-hydrogen) atoms. The van der Waals surface area contributed by atoms with Gasteiger partial charge in [-0.25, -0.2) is 0 Å². The van der Waals surface area contributed by atoms with Gasteiger partial charge in [-0.15, -0.1) is 46.2 Å². The van der Waals surface area contributed by atoms with Gasteiger partial charge in [0.2, 0.25) is 0 Å². The maximum absolute atomic E-state index is 2.48. The van der Waals surface area contributed by atoms with E-state index in [1.54, 1.807) is 19.5 Å². The Hall–Kier alpha value is -0.580. The molecule has 0 amide bonds. The average Bonchev–Trinajstić information content (AvgIpc) is 3.73. The SMILES string of the molecule is C(=C1Sc2ccccc2S1)c1cc2c(s1)C1CC3Sc4cc(C=C5Sc6ccccc6S5)sc4C3CC1S2. The van der Waals surface area contributed by atoms with Crippen LogP contribution in [-0.4, -0.2) is 10.5 Å². The number of benzene rings is 2. The van der Waals surface area contributed by atoms with Crippen molar-refractivity contribution in [2.45, 2.75) is 64.6 Å². The first kappa shape index (κ1) is 24.1. The van der Waals surface area contributed by atoms with Crippen molar-refractivity contribution in [1.82, 2.24) is 0 Å². The van der Waals surface area contributed by atoms with Crippen LogP contribution < -0.4 is 0 Å². The molecule has 6 heterocycles. The highest BCUT2D eigenvalue weighted by molar-refractivity contribution is 8.25. The average molecular weight is 637 g/mol. The van der Waals surface area contributed by atoms with E-state index in [-0.39, 0.29) is 0 Å². The Kier molecular flexibility index (Phi) is 6.00. The molecule has 1 saturated carbocycles. The van der Waals surface area contributed by atoms with Gasteiger partial charge in [0.25, 0.3) is 0 Å². The van der Waals surface area contributed by atoms with E-state index in [9.17, 15) is 0 Å². The summed E-state index contributed by atoms with van der Waals surface area (Å²) >= 11 is 16.2. The summed E-state index contributed by atoms with van der Waals surface area (Å²) < 4.78 is 2.83. The molecule has 4 unspecified atom stereocenters. The van der Waals surface area contributed by atoms with E-state index in [1.165, 1.54) is 50.7 Å². The minimum absolute atomic E-state index is 0.738. The number of rotatable bonds is 2. The molecule has 0 bridgehead atoms. The lowest BCUT2D eigenvalue weighted by Crippen LogP contribution is -2.28. The monoisotopic (exact) mass is 636 g/mol. The van der Waals surface area contributed by atoms with Crippen molar-refractivity contribution in [3.63, 3.8) is 0 Å². The molecule has 1 aliphatic carbocycles. The van der Waals surface area contributed by atoms with Gasteiger partial charge in [0.15, 0.2) is 0 Å². The standard InChI is InChI=1S/C30H20S8/c1-2-6-20-19(5-1)35-27(36-20)11-15-9-25-29(31-15)17-13-24-18(14-23(17)33-25)30-26(34-24)10-16(32-30)12-28-37-21-7-3-4-8-22(21)38-28/h1-12,17-18,23-24H,13-14H2. The second-order valence-corrected chi connectivity index (χ2v) is 19.6. The van der Waals surface area contributed by atoms with Crippen LogP contribution in [0.15, 0.2) is 98.5 Å². The molecule has 0 saturated heterocycles. The Bertz CT molecular complexity index is 1500. The molecule has 0 N–H and O–H groups in total. The highest BCUT2D eigenvalue weighted by atomic mass is 32.2. The minimum atomic E-state index is 0.738. The lowest BCUT2D eigenvalue weighted by atomic mass is 9.80. The van der Waals surface area contributed by atoms with E-state index in [2.05, 4.69) is 119 Å². The molecule has 8 heteroatoms. The molecule has 0 spiro atoms. The molecular formula is C30H20S8. The summed E-state index contributed by atoms with van der Waals surface area (Å²) in [5.41, 5.74) is 0. The highest BCUT2D eigenvalue weighted by Gasteiger charge is 2.48. The normalized spacial score (nSPS) is 26.0. The molecule has 0 nitrogen and oxygen atoms in total. The van der Waals surface area contributed by atoms with Crippen LogP contribution in [0.1, 0.15) is 44.2 Å². The second-order valence-electron chi connectivity index (χ2n) is 9.98. The fraction of sp³-hybridized carbons (Fsp3) is 0.200. The maximum atomic E-state index is 2.48. The van der Waals surface area contributed by atoms with Crippen molar-refractivity contribution in [3.8, 4) is 0 Å². The zero-order valence-corrected chi connectivity index (χ0v) is 26.4. The first-order chi connectivity index (χ1) is 18.7. The minimum Gasteiger partial charge on any atom is -0.139 e. The summed E-state index contributed by atoms with van der Waals surface area (Å²) in [5, 5.41) is 1.51. The molecular weight excluding hydrogens is 617 g/mol. The summed E-state index contributed by atoms with van der Waals surface area (Å²) in [4.78, 5) is 15.0. The van der Waals surface area contributed by atoms with Crippen molar-refractivity contribution in [3.05, 3.63) is 88.6 Å². The Balaban J connectivity index is 0.918. The summed E-state index contributed by atoms with van der Waals surface area (Å²) in [5.74, 6) is 1.48. The zero-order valence-electron chi connectivity index (χ0n) is 19.9. The Morgan fingerprint density at radius 1 is 0.526 bits per heavy atom. The van der Waals surface area contributed by atoms with Crippen LogP contribution in [-0.2, 0) is 0 Å². The topological polar surface area (TPSA) is 0 Å². The third kappa shape index (κ3) is 4.08. The Labute approximate surface area is 256 Å². The Morgan fingerprint density at radius 2 is 0.921 bits per heavy atom. The van der Waals surface area contributed by atoms with Gasteiger partial charge < -0.3 is 0 Å². The van der Waals surface area contributed by atoms with Gasteiger partial charge in [-0.3, -0.25) is 0 Å². The lowest BCUT2D eigenvalue weighted by molar-refractivity contribution is 0.435. The fourth-order valence-corrected chi connectivity index (χ4v) is 17.3. The number of thiophene rings is 2. The van der Waals surface area contributed by atoms with Gasteiger partial charge in [0.1, 0.15) is 0 Å². The second kappa shape index (κ2) is 9.48. The predicted molar refractivity (Wildman–Crippen MR) is 175 cm³/mol. The van der Waals surface area contributed by atoms with E-state index in [4.69, 9.17) is 0 Å². The summed E-state index contributed by atoms with van der Waals surface area (Å²) in [7, 11) is 0. The number of hydrogen-bond donors (Lipinski definition) is 0. The number of thioether (sulfide) groups is 6. The third-order valence-electron chi connectivity index (χ3n) is 7.65. The molecule has 4 atom stereocenters. The van der Waals surface area contributed by atoms with Crippen LogP contribution in [0.3, 0.4) is 0 Å². The fourth-order valence-electron chi connectivity index (χ4n) is 5.99. The summed E-state index contributed by atoms with van der Waals surface area (Å²) in [6, 6.07) is 22.5. The van der Waals surface area contributed by atoms with E-state index < -0.39 is 0 Å². The molecule has 2 aromatic heterocycles. The summed E-state index contributed by atoms with van der Waals surface area (Å²) in [6.07, 6.45) is 7.53. The van der Waals surface area contributed by atoms with E-state index >= 15 is 0 Å². The largest absolute Gasteiger partial charge is 0.139 e. The van der Waals surface area contributed by atoms with Crippen molar-refractivity contribution in [2.24, 2.45) is 0 Å². The van der Waals surface area contributed by atoms with Gasteiger partial charge in [-0.2, -0.15) is 0 Å². The lowest BCUT2D eigenvalue weighted by Gasteiger charge is -2.33. The first-order valence-corrected chi connectivity index (χ1v) is 19.3. The molecule has 2 aromatic carbocycles. The van der Waals surface area contributed by atoms with E-state index in [0.29, 0.717) is 0 Å². The van der Waals surface area contributed by atoms with Crippen LogP contribution in [0.4, 0.5) is 0 Å². The molecule has 5 aliphatic rings. The zero-order chi connectivity index (χ0) is 24.8. The smallest absolute Gasteiger partial charge is 0.0513 e. The molecule has 0 radical (unpaired) electrons. The van der Waals surface area contributed by atoms with Gasteiger partial charge in [-0.05, 0) is 61.4 Å². The van der Waals surface area contributed by atoms with E-state index in [1.807, 2.05) is 47.0 Å². The van der Waals surface area contributed by atoms with Gasteiger partial charge in [0, 0.05) is 71.2 Å². The number of fused-ring (bicyclic) bond motifs is 8. The van der Waals surface area contributed by atoms with Crippen LogP contribution >= 0.6 is 93.2 Å². The van der Waals surface area contributed by atoms with Crippen molar-refractivity contribution >= 4 is 105 Å². The van der Waals surface area contributed by atoms with Crippen LogP contribution in [0.5, 0.6) is 0 Å². The van der Waals surface area contributed by atoms with Crippen molar-refractivity contribution in [2.75, 3.05) is 0 Å². The van der Waals surface area contributed by atoms with Crippen LogP contribution in [0, 0.1) is 0 Å². The third-order valence-corrected chi connectivity index (χ3v) is 18.0. The molecule has 4 aromatic rings. The first-order valence-electron chi connectivity index (χ1n) is 12.7. The quantitative estimate of drug-likeness (QED) is 0.213. The van der Waals surface area contributed by atoms with Crippen LogP contribution in [0.2, 0.25) is 0 Å². The molecule has 4 aliphatic heterocycles. The Morgan fingerprint density at radius 3 is 1.32 bits per heavy atom. The molecule has 1 fully saturated rings. The van der Waals surface area contributed by atoms with Gasteiger partial charge in [-0.1, -0.05) is 71.3 Å². The van der Waals surface area contributed by atoms with Crippen LogP contribution in [0.25, 0.3) is 12.2 Å². The summed E-state index contributed by atoms with van der Waals surface area (Å²) in [6.45, 7) is 0. The molecule has 188 valence electrons. The van der Waals surface area contributed by atoms with Crippen molar-refractivity contribution < 1.29 is 0 Å². The van der Waals surface area contributed by atoms with Crippen molar-refractivity contribution in [1.29, 1.82) is 0 Å². The predicted octanol–water partition coefficient (Wildman–Crippen LogP) is 11.8. The number of hydrogen-bond acceptors (Lipinski definition) is 8. The van der Waals surface area contributed by atoms with E-state index in [0.717, 1.165) is 22.3 Å². The van der Waals surface area contributed by atoms with Gasteiger partial charge in [0.05, 0.1) is 8.47 Å². The highest BCUT2D eigenvalue weighted by Crippen LogP contribution is 2.64. The molecule has 9 rings (SSSR count). The maximum Gasteiger partial charge on any atom is 0.0513 e. The van der Waals surface area contributed by atoms with Gasteiger partial charge >= 0.3 is 0 Å².